The Balaban J connectivity index is 1.62. The molecule has 0 aliphatic heterocycles. The second kappa shape index (κ2) is 7.74. The molecule has 3 aromatic rings. The minimum Gasteiger partial charge on any atom is -0.449 e. The summed E-state index contributed by atoms with van der Waals surface area (Å²) in [5, 5.41) is 6.05. The third kappa shape index (κ3) is 4.33. The quantitative estimate of drug-likeness (QED) is 0.604. The van der Waals surface area contributed by atoms with E-state index in [4.69, 9.17) is 4.74 Å². The number of nitrogens with one attached hydrogen (secondary N) is 3. The van der Waals surface area contributed by atoms with Crippen molar-refractivity contribution >= 4 is 40.1 Å². The number of carbonyl (C=O) groups excluding carboxylic acids is 3. The lowest BCUT2D eigenvalue weighted by atomic mass is 10.2. The number of ether oxygens (including phenoxy) is 1. The zero-order valence-electron chi connectivity index (χ0n) is 14.9. The molecular weight excluding hydrogens is 346 g/mol. The maximum Gasteiger partial charge on any atom is 0.341 e. The van der Waals surface area contributed by atoms with Crippen LogP contribution in [0.15, 0.2) is 54.7 Å². The summed E-state index contributed by atoms with van der Waals surface area (Å²) in [5.41, 5.74) is 2.36. The summed E-state index contributed by atoms with van der Waals surface area (Å²) in [7, 11) is 0. The predicted octanol–water partition coefficient (Wildman–Crippen LogP) is 3.31. The summed E-state index contributed by atoms with van der Waals surface area (Å²) < 4.78 is 5.29. The smallest absolute Gasteiger partial charge is 0.341 e. The molecule has 1 heterocycles. The number of fused-ring (bicyclic) bond motifs is 1. The number of para-hydroxylation sites is 1. The van der Waals surface area contributed by atoms with Crippen molar-refractivity contribution in [3.8, 4) is 0 Å². The van der Waals surface area contributed by atoms with Gasteiger partial charge in [0.2, 0.25) is 5.91 Å². The molecule has 2 aromatic carbocycles. The Labute approximate surface area is 155 Å². The Kier molecular flexibility index (Phi) is 5.21. The van der Waals surface area contributed by atoms with Gasteiger partial charge in [0, 0.05) is 35.4 Å². The number of benzene rings is 2. The number of hydrogen-bond donors (Lipinski definition) is 3. The van der Waals surface area contributed by atoms with Crippen molar-refractivity contribution in [2.45, 2.75) is 20.0 Å². The largest absolute Gasteiger partial charge is 0.449 e. The van der Waals surface area contributed by atoms with Crippen LogP contribution in [0.25, 0.3) is 10.9 Å². The van der Waals surface area contributed by atoms with Crippen molar-refractivity contribution in [2.75, 3.05) is 10.6 Å². The van der Waals surface area contributed by atoms with Crippen LogP contribution in [0.5, 0.6) is 0 Å². The van der Waals surface area contributed by atoms with Crippen LogP contribution < -0.4 is 10.6 Å². The van der Waals surface area contributed by atoms with Crippen LogP contribution in [-0.4, -0.2) is 28.9 Å². The van der Waals surface area contributed by atoms with Crippen molar-refractivity contribution in [3.63, 3.8) is 0 Å². The average Bonchev–Trinajstić information content (AvgIpc) is 3.07. The van der Waals surface area contributed by atoms with Gasteiger partial charge in [-0.1, -0.05) is 18.2 Å². The van der Waals surface area contributed by atoms with E-state index in [1.54, 1.807) is 30.5 Å². The summed E-state index contributed by atoms with van der Waals surface area (Å²) in [6, 6.07) is 14.0. The van der Waals surface area contributed by atoms with Crippen molar-refractivity contribution < 1.29 is 19.1 Å². The van der Waals surface area contributed by atoms with Crippen LogP contribution in [0.2, 0.25) is 0 Å². The highest BCUT2D eigenvalue weighted by molar-refractivity contribution is 6.05. The predicted molar refractivity (Wildman–Crippen MR) is 103 cm³/mol. The fourth-order valence-corrected chi connectivity index (χ4v) is 2.60. The third-order valence-corrected chi connectivity index (χ3v) is 3.94. The molecule has 0 fully saturated rings. The molecule has 3 N–H and O–H groups in total. The van der Waals surface area contributed by atoms with Crippen LogP contribution in [-0.2, 0) is 14.3 Å². The Hall–Kier alpha value is -3.61. The van der Waals surface area contributed by atoms with E-state index >= 15 is 0 Å². The van der Waals surface area contributed by atoms with Gasteiger partial charge < -0.3 is 20.4 Å². The highest BCUT2D eigenvalue weighted by Gasteiger charge is 2.21. The van der Waals surface area contributed by atoms with Crippen LogP contribution in [0.1, 0.15) is 24.2 Å². The highest BCUT2D eigenvalue weighted by Crippen LogP contribution is 2.19. The van der Waals surface area contributed by atoms with Crippen molar-refractivity contribution in [1.82, 2.24) is 4.98 Å². The Morgan fingerprint density at radius 1 is 0.963 bits per heavy atom. The SMILES string of the molecule is CC(=O)Nc1ccc(NC(=O)[C@H](C)OC(=O)c2c[nH]c3ccccc23)cc1. The van der Waals surface area contributed by atoms with E-state index < -0.39 is 18.0 Å². The summed E-state index contributed by atoms with van der Waals surface area (Å²) in [5.74, 6) is -1.20. The van der Waals surface area contributed by atoms with Crippen molar-refractivity contribution in [2.24, 2.45) is 0 Å². The van der Waals surface area contributed by atoms with Gasteiger partial charge in [0.15, 0.2) is 6.10 Å². The monoisotopic (exact) mass is 365 g/mol. The van der Waals surface area contributed by atoms with Crippen molar-refractivity contribution in [1.29, 1.82) is 0 Å². The molecule has 0 bridgehead atoms. The van der Waals surface area contributed by atoms with Gasteiger partial charge in [-0.15, -0.1) is 0 Å². The van der Waals surface area contributed by atoms with Gasteiger partial charge in [-0.05, 0) is 37.3 Å². The van der Waals surface area contributed by atoms with E-state index in [0.717, 1.165) is 10.9 Å². The minimum absolute atomic E-state index is 0.176. The first-order chi connectivity index (χ1) is 12.9. The lowest BCUT2D eigenvalue weighted by Gasteiger charge is -2.13. The molecule has 7 heteroatoms. The standard InChI is InChI=1S/C20H19N3O4/c1-12(19(25)23-15-9-7-14(8-10-15)22-13(2)24)27-20(26)17-11-21-18-6-4-3-5-16(17)18/h3-12,21H,1-2H3,(H,22,24)(H,23,25)/t12-/m0/s1. The summed E-state index contributed by atoms with van der Waals surface area (Å²) in [4.78, 5) is 38.7. The third-order valence-electron chi connectivity index (χ3n) is 3.94. The Morgan fingerprint density at radius 2 is 1.59 bits per heavy atom. The van der Waals surface area contributed by atoms with Crippen molar-refractivity contribution in [3.05, 3.63) is 60.3 Å². The average molecular weight is 365 g/mol. The minimum atomic E-state index is -0.971. The summed E-state index contributed by atoms with van der Waals surface area (Å²) >= 11 is 0. The Morgan fingerprint density at radius 3 is 2.26 bits per heavy atom. The fourth-order valence-electron chi connectivity index (χ4n) is 2.60. The van der Waals surface area contributed by atoms with Crippen LogP contribution in [0.4, 0.5) is 11.4 Å². The van der Waals surface area contributed by atoms with Gasteiger partial charge in [-0.25, -0.2) is 4.79 Å². The molecule has 0 spiro atoms. The molecule has 138 valence electrons. The van der Waals surface area contributed by atoms with E-state index in [2.05, 4.69) is 15.6 Å². The summed E-state index contributed by atoms with van der Waals surface area (Å²) in [6.07, 6.45) is 0.597. The molecule has 2 amide bonds. The second-order valence-electron chi connectivity index (χ2n) is 6.04. The number of anilines is 2. The van der Waals surface area contributed by atoms with Crippen LogP contribution in [0, 0.1) is 0 Å². The van der Waals surface area contributed by atoms with Gasteiger partial charge >= 0.3 is 5.97 Å². The molecular formula is C20H19N3O4. The number of aromatic amines is 1. The number of rotatable bonds is 5. The molecule has 27 heavy (non-hydrogen) atoms. The van der Waals surface area contributed by atoms with E-state index in [0.29, 0.717) is 16.9 Å². The van der Waals surface area contributed by atoms with E-state index in [9.17, 15) is 14.4 Å². The van der Waals surface area contributed by atoms with Gasteiger partial charge in [0.1, 0.15) is 0 Å². The van der Waals surface area contributed by atoms with Crippen LogP contribution >= 0.6 is 0 Å². The molecule has 0 aliphatic carbocycles. The molecule has 0 aliphatic rings. The second-order valence-corrected chi connectivity index (χ2v) is 6.04. The Bertz CT molecular complexity index is 992. The number of aromatic nitrogens is 1. The first-order valence-corrected chi connectivity index (χ1v) is 8.39. The van der Waals surface area contributed by atoms with Gasteiger partial charge in [-0.2, -0.15) is 0 Å². The molecule has 0 saturated heterocycles. The first-order valence-electron chi connectivity index (χ1n) is 8.39. The zero-order valence-corrected chi connectivity index (χ0v) is 14.9. The molecule has 7 nitrogen and oxygen atoms in total. The van der Waals surface area contributed by atoms with E-state index in [1.807, 2.05) is 24.3 Å². The lowest BCUT2D eigenvalue weighted by Crippen LogP contribution is -2.29. The number of hydrogen-bond acceptors (Lipinski definition) is 4. The molecule has 0 unspecified atom stereocenters. The molecule has 0 radical (unpaired) electrons. The highest BCUT2D eigenvalue weighted by atomic mass is 16.5. The zero-order chi connectivity index (χ0) is 19.4. The lowest BCUT2D eigenvalue weighted by molar-refractivity contribution is -0.123. The molecule has 3 rings (SSSR count). The van der Waals surface area contributed by atoms with Gasteiger partial charge in [-0.3, -0.25) is 9.59 Å². The maximum atomic E-state index is 12.4. The number of carbonyl (C=O) groups is 3. The number of esters is 1. The molecule has 1 atom stereocenters. The fraction of sp³-hybridized carbons (Fsp3) is 0.150. The number of H-pyrrole nitrogens is 1. The molecule has 1 aromatic heterocycles. The number of amides is 2. The van der Waals surface area contributed by atoms with Crippen LogP contribution in [0.3, 0.4) is 0 Å². The van der Waals surface area contributed by atoms with E-state index in [-0.39, 0.29) is 5.91 Å². The molecule has 0 saturated carbocycles. The normalized spacial score (nSPS) is 11.6. The maximum absolute atomic E-state index is 12.4. The summed E-state index contributed by atoms with van der Waals surface area (Å²) in [6.45, 7) is 2.92. The van der Waals surface area contributed by atoms with Gasteiger partial charge in [0.05, 0.1) is 5.56 Å². The van der Waals surface area contributed by atoms with Gasteiger partial charge in [0.25, 0.3) is 5.91 Å². The topological polar surface area (TPSA) is 100 Å². The first kappa shape index (κ1) is 18.2. The van der Waals surface area contributed by atoms with E-state index in [1.165, 1.54) is 13.8 Å².